The second kappa shape index (κ2) is 10.3. The minimum absolute atomic E-state index is 0.0533. The Kier molecular flexibility index (Phi) is 8.73. The first-order valence-corrected chi connectivity index (χ1v) is 11.8. The zero-order valence-corrected chi connectivity index (χ0v) is 20.5. The van der Waals surface area contributed by atoms with Gasteiger partial charge in [0.05, 0.1) is 37.4 Å². The quantitative estimate of drug-likeness (QED) is 0.493. The van der Waals surface area contributed by atoms with Crippen molar-refractivity contribution in [2.75, 3.05) is 19.8 Å². The number of aliphatic hydroxyl groups excluding tert-OH is 3. The summed E-state index contributed by atoms with van der Waals surface area (Å²) in [5.74, 6) is 0. The molecule has 0 saturated heterocycles. The zero-order valence-electron chi connectivity index (χ0n) is 20.5. The van der Waals surface area contributed by atoms with Crippen LogP contribution in [0.2, 0.25) is 0 Å². The average molecular weight is 436 g/mol. The molecule has 1 saturated carbocycles. The first kappa shape index (κ1) is 26.3. The SMILES string of the molecule is CC(C)(C)c1cc(CN)cc(C(C)(C)C)c1C(OC1CCCCC1)C(CO)(CO)CO. The van der Waals surface area contributed by atoms with E-state index in [1.165, 1.54) is 6.42 Å². The van der Waals surface area contributed by atoms with E-state index in [9.17, 15) is 15.3 Å². The molecule has 1 unspecified atom stereocenters. The third-order valence-corrected chi connectivity index (χ3v) is 6.74. The van der Waals surface area contributed by atoms with Gasteiger partial charge in [-0.3, -0.25) is 0 Å². The van der Waals surface area contributed by atoms with Crippen LogP contribution < -0.4 is 5.73 Å². The summed E-state index contributed by atoms with van der Waals surface area (Å²) in [5, 5.41) is 31.2. The molecule has 5 heteroatoms. The summed E-state index contributed by atoms with van der Waals surface area (Å²) in [4.78, 5) is 0. The maximum absolute atomic E-state index is 10.4. The fourth-order valence-electron chi connectivity index (χ4n) is 4.67. The van der Waals surface area contributed by atoms with Crippen LogP contribution >= 0.6 is 0 Å². The van der Waals surface area contributed by atoms with Crippen LogP contribution in [0.25, 0.3) is 0 Å². The number of aliphatic hydroxyl groups is 3. The summed E-state index contributed by atoms with van der Waals surface area (Å²) < 4.78 is 6.75. The van der Waals surface area contributed by atoms with Gasteiger partial charge in [0.15, 0.2) is 0 Å². The van der Waals surface area contributed by atoms with Gasteiger partial charge in [0.25, 0.3) is 0 Å². The summed E-state index contributed by atoms with van der Waals surface area (Å²) in [5.41, 5.74) is 8.70. The molecule has 31 heavy (non-hydrogen) atoms. The number of ether oxygens (including phenoxy) is 1. The van der Waals surface area contributed by atoms with Gasteiger partial charge in [-0.2, -0.15) is 0 Å². The van der Waals surface area contributed by atoms with E-state index in [0.717, 1.165) is 47.9 Å². The average Bonchev–Trinajstić information content (AvgIpc) is 2.73. The largest absolute Gasteiger partial charge is 0.395 e. The van der Waals surface area contributed by atoms with Crippen molar-refractivity contribution in [3.63, 3.8) is 0 Å². The van der Waals surface area contributed by atoms with Gasteiger partial charge < -0.3 is 25.8 Å². The minimum Gasteiger partial charge on any atom is -0.395 e. The summed E-state index contributed by atoms with van der Waals surface area (Å²) in [6.45, 7) is 12.3. The monoisotopic (exact) mass is 435 g/mol. The van der Waals surface area contributed by atoms with Crippen molar-refractivity contribution < 1.29 is 20.1 Å². The fourth-order valence-corrected chi connectivity index (χ4v) is 4.67. The number of rotatable bonds is 8. The van der Waals surface area contributed by atoms with Crippen molar-refractivity contribution in [2.45, 2.75) is 103 Å². The molecule has 1 atom stereocenters. The number of hydrogen-bond acceptors (Lipinski definition) is 5. The molecule has 5 nitrogen and oxygen atoms in total. The van der Waals surface area contributed by atoms with Gasteiger partial charge in [-0.1, -0.05) is 72.9 Å². The van der Waals surface area contributed by atoms with Gasteiger partial charge in [-0.25, -0.2) is 0 Å². The molecule has 1 aliphatic rings. The molecule has 0 bridgehead atoms. The molecule has 0 heterocycles. The highest BCUT2D eigenvalue weighted by Crippen LogP contribution is 2.47. The molecule has 1 aromatic rings. The summed E-state index contributed by atoms with van der Waals surface area (Å²) in [6.07, 6.45) is 4.81. The Hall–Kier alpha value is -0.980. The number of benzene rings is 1. The van der Waals surface area contributed by atoms with Crippen molar-refractivity contribution in [1.29, 1.82) is 0 Å². The summed E-state index contributed by atoms with van der Waals surface area (Å²) in [7, 11) is 0. The summed E-state index contributed by atoms with van der Waals surface area (Å²) in [6, 6.07) is 4.28. The van der Waals surface area contributed by atoms with Crippen molar-refractivity contribution in [1.82, 2.24) is 0 Å². The molecule has 5 N–H and O–H groups in total. The van der Waals surface area contributed by atoms with E-state index >= 15 is 0 Å². The molecular weight excluding hydrogens is 390 g/mol. The molecule has 0 aromatic heterocycles. The Balaban J connectivity index is 2.83. The van der Waals surface area contributed by atoms with Gasteiger partial charge in [0.1, 0.15) is 0 Å². The van der Waals surface area contributed by atoms with Crippen LogP contribution in [-0.2, 0) is 22.1 Å². The van der Waals surface area contributed by atoms with E-state index in [1.54, 1.807) is 0 Å². The smallest absolute Gasteiger partial charge is 0.0956 e. The van der Waals surface area contributed by atoms with Crippen molar-refractivity contribution in [2.24, 2.45) is 11.1 Å². The van der Waals surface area contributed by atoms with Crippen LogP contribution in [0.5, 0.6) is 0 Å². The Morgan fingerprint density at radius 1 is 0.871 bits per heavy atom. The molecule has 1 aromatic carbocycles. The lowest BCUT2D eigenvalue weighted by Gasteiger charge is -2.44. The molecule has 0 spiro atoms. The van der Waals surface area contributed by atoms with E-state index < -0.39 is 11.5 Å². The maximum atomic E-state index is 10.4. The predicted octanol–water partition coefficient (Wildman–Crippen LogP) is 4.09. The lowest BCUT2D eigenvalue weighted by Crippen LogP contribution is -2.44. The Morgan fingerprint density at radius 3 is 1.68 bits per heavy atom. The van der Waals surface area contributed by atoms with Crippen molar-refractivity contribution >= 4 is 0 Å². The Bertz CT molecular complexity index is 664. The molecule has 0 radical (unpaired) electrons. The third kappa shape index (κ3) is 5.88. The first-order valence-electron chi connectivity index (χ1n) is 11.8. The van der Waals surface area contributed by atoms with E-state index in [1.807, 2.05) is 0 Å². The van der Waals surface area contributed by atoms with Crippen LogP contribution in [0.3, 0.4) is 0 Å². The summed E-state index contributed by atoms with van der Waals surface area (Å²) >= 11 is 0. The predicted molar refractivity (Wildman–Crippen MR) is 126 cm³/mol. The van der Waals surface area contributed by atoms with Gasteiger partial charge in [-0.15, -0.1) is 0 Å². The van der Waals surface area contributed by atoms with Crippen molar-refractivity contribution in [3.05, 3.63) is 34.4 Å². The molecule has 1 fully saturated rings. The zero-order chi connectivity index (χ0) is 23.4. The van der Waals surface area contributed by atoms with Crippen LogP contribution in [0.4, 0.5) is 0 Å². The molecule has 178 valence electrons. The number of hydrogen-bond donors (Lipinski definition) is 4. The number of nitrogens with two attached hydrogens (primary N) is 1. The van der Waals surface area contributed by atoms with Crippen LogP contribution in [0, 0.1) is 5.41 Å². The molecule has 0 aliphatic heterocycles. The van der Waals surface area contributed by atoms with Crippen LogP contribution in [0.1, 0.15) is 102 Å². The van der Waals surface area contributed by atoms with E-state index in [2.05, 4.69) is 53.7 Å². The van der Waals surface area contributed by atoms with Crippen LogP contribution in [0.15, 0.2) is 12.1 Å². The normalized spacial score (nSPS) is 17.7. The molecule has 1 aliphatic carbocycles. The standard InChI is InChI=1S/C26H45NO4/c1-24(2,3)20-12-18(14-27)13-21(25(4,5)6)22(20)23(26(15-28,16-29)17-30)31-19-10-8-7-9-11-19/h12-13,19,23,28-30H,7-11,14-17,27H2,1-6H3. The maximum Gasteiger partial charge on any atom is 0.0956 e. The van der Waals surface area contributed by atoms with E-state index in [4.69, 9.17) is 10.5 Å². The van der Waals surface area contributed by atoms with Gasteiger partial charge >= 0.3 is 0 Å². The molecule has 2 rings (SSSR count). The van der Waals surface area contributed by atoms with Gasteiger partial charge in [-0.05, 0) is 45.9 Å². The lowest BCUT2D eigenvalue weighted by molar-refractivity contribution is -0.147. The highest BCUT2D eigenvalue weighted by Gasteiger charge is 2.45. The fraction of sp³-hybridized carbons (Fsp3) is 0.769. The topological polar surface area (TPSA) is 95.9 Å². The second-order valence-electron chi connectivity index (χ2n) is 11.4. The Morgan fingerprint density at radius 2 is 1.32 bits per heavy atom. The highest BCUT2D eigenvalue weighted by molar-refractivity contribution is 5.48. The molecule has 0 amide bonds. The highest BCUT2D eigenvalue weighted by atomic mass is 16.5. The van der Waals surface area contributed by atoms with E-state index in [0.29, 0.717) is 6.54 Å². The minimum atomic E-state index is -1.18. The second-order valence-corrected chi connectivity index (χ2v) is 11.4. The third-order valence-electron chi connectivity index (χ3n) is 6.74. The van der Waals surface area contributed by atoms with Gasteiger partial charge in [0, 0.05) is 6.54 Å². The van der Waals surface area contributed by atoms with E-state index in [-0.39, 0.29) is 36.8 Å². The molecular formula is C26H45NO4. The van der Waals surface area contributed by atoms with Gasteiger partial charge in [0.2, 0.25) is 0 Å². The van der Waals surface area contributed by atoms with Crippen LogP contribution in [-0.4, -0.2) is 41.2 Å². The van der Waals surface area contributed by atoms with Crippen molar-refractivity contribution in [3.8, 4) is 0 Å². The lowest BCUT2D eigenvalue weighted by atomic mass is 9.69. The Labute approximate surface area is 189 Å². The first-order chi connectivity index (χ1) is 14.4.